The maximum atomic E-state index is 12.8. The molecule has 4 rings (SSSR count). The van der Waals surface area contributed by atoms with Gasteiger partial charge >= 0.3 is 0 Å². The number of carbonyl (C=O) groups excluding carboxylic acids is 1. The lowest BCUT2D eigenvalue weighted by atomic mass is 10.2. The number of hydrogen-bond donors (Lipinski definition) is 1. The Kier molecular flexibility index (Phi) is 6.74. The van der Waals surface area contributed by atoms with Crippen molar-refractivity contribution in [2.45, 2.75) is 22.6 Å². The van der Waals surface area contributed by atoms with E-state index in [0.29, 0.717) is 30.0 Å². The Morgan fingerprint density at radius 2 is 1.38 bits per heavy atom. The number of hydrogen-bond acceptors (Lipinski definition) is 5. The average Bonchev–Trinajstić information content (AvgIpc) is 3.41. The fourth-order valence-electron chi connectivity index (χ4n) is 3.70. The largest absolute Gasteiger partial charge is 0.322 e. The van der Waals surface area contributed by atoms with Crippen molar-refractivity contribution >= 4 is 37.3 Å². The molecule has 0 radical (unpaired) electrons. The minimum absolute atomic E-state index is 0.175. The Bertz CT molecular complexity index is 1370. The van der Waals surface area contributed by atoms with Gasteiger partial charge in [0.1, 0.15) is 0 Å². The first-order valence-electron chi connectivity index (χ1n) is 10.8. The summed E-state index contributed by atoms with van der Waals surface area (Å²) in [6.07, 6.45) is 1.72. The molecule has 8 nitrogen and oxygen atoms in total. The fourth-order valence-corrected chi connectivity index (χ4v) is 6.44. The molecule has 1 N–H and O–H groups in total. The van der Waals surface area contributed by atoms with Crippen LogP contribution in [0.1, 0.15) is 23.2 Å². The van der Waals surface area contributed by atoms with E-state index < -0.39 is 26.0 Å². The fraction of sp³-hybridized carbons (Fsp3) is 0.208. The van der Waals surface area contributed by atoms with Gasteiger partial charge in [-0.25, -0.2) is 16.8 Å². The standard InChI is InChI=1S/C24H25N3O5S2/c1-26(33(29,30)22-7-3-2-4-8-22)21-13-9-19(10-14-21)24(28)25-20-11-15-23(16-12-20)34(31,32)27-17-5-6-18-27/h2-4,7-16H,5-6,17-18H2,1H3,(H,25,28). The summed E-state index contributed by atoms with van der Waals surface area (Å²) in [6, 6.07) is 20.3. The van der Waals surface area contributed by atoms with Crippen LogP contribution in [0.15, 0.2) is 88.7 Å². The third-order valence-electron chi connectivity index (χ3n) is 5.71. The Hall–Kier alpha value is -3.21. The third kappa shape index (κ3) is 4.84. The summed E-state index contributed by atoms with van der Waals surface area (Å²) in [6.45, 7) is 1.05. The number of rotatable bonds is 7. The summed E-state index contributed by atoms with van der Waals surface area (Å²) in [4.78, 5) is 13.0. The normalized spacial score (nSPS) is 14.6. The van der Waals surface area contributed by atoms with Crippen LogP contribution in [0.25, 0.3) is 0 Å². The maximum Gasteiger partial charge on any atom is 0.264 e. The first kappa shape index (κ1) is 23.9. The number of nitrogens with one attached hydrogen (secondary N) is 1. The van der Waals surface area contributed by atoms with E-state index >= 15 is 0 Å². The average molecular weight is 500 g/mol. The molecule has 0 atom stereocenters. The van der Waals surface area contributed by atoms with Crippen LogP contribution in [0, 0.1) is 0 Å². The summed E-state index contributed by atoms with van der Waals surface area (Å²) in [7, 11) is -5.78. The van der Waals surface area contributed by atoms with E-state index in [0.717, 1.165) is 17.1 Å². The van der Waals surface area contributed by atoms with Crippen molar-refractivity contribution in [3.8, 4) is 0 Å². The lowest BCUT2D eigenvalue weighted by Crippen LogP contribution is -2.27. The predicted octanol–water partition coefficient (Wildman–Crippen LogP) is 3.55. The number of anilines is 2. The third-order valence-corrected chi connectivity index (χ3v) is 9.42. The van der Waals surface area contributed by atoms with Crippen LogP contribution in [0.4, 0.5) is 11.4 Å². The second-order valence-corrected chi connectivity index (χ2v) is 11.8. The summed E-state index contributed by atoms with van der Waals surface area (Å²) >= 11 is 0. The van der Waals surface area contributed by atoms with Crippen LogP contribution in [-0.2, 0) is 20.0 Å². The molecule has 178 valence electrons. The maximum absolute atomic E-state index is 12.8. The molecule has 3 aromatic rings. The molecular formula is C24H25N3O5S2. The highest BCUT2D eigenvalue weighted by Crippen LogP contribution is 2.24. The lowest BCUT2D eigenvalue weighted by Gasteiger charge is -2.19. The molecule has 1 aliphatic heterocycles. The zero-order chi connectivity index (χ0) is 24.3. The van der Waals surface area contributed by atoms with Crippen molar-refractivity contribution < 1.29 is 21.6 Å². The van der Waals surface area contributed by atoms with Crippen LogP contribution in [0.3, 0.4) is 0 Å². The number of amides is 1. The van der Waals surface area contributed by atoms with E-state index in [1.807, 2.05) is 0 Å². The first-order chi connectivity index (χ1) is 16.2. The molecule has 3 aromatic carbocycles. The smallest absolute Gasteiger partial charge is 0.264 e. The molecule has 0 spiro atoms. The van der Waals surface area contributed by atoms with Crippen molar-refractivity contribution in [3.05, 3.63) is 84.4 Å². The molecule has 10 heteroatoms. The highest BCUT2D eigenvalue weighted by Gasteiger charge is 2.27. The van der Waals surface area contributed by atoms with Gasteiger partial charge in [-0.05, 0) is 73.5 Å². The van der Waals surface area contributed by atoms with Gasteiger partial charge in [0.05, 0.1) is 15.5 Å². The van der Waals surface area contributed by atoms with Gasteiger partial charge in [0.25, 0.3) is 15.9 Å². The minimum Gasteiger partial charge on any atom is -0.322 e. The molecule has 34 heavy (non-hydrogen) atoms. The van der Waals surface area contributed by atoms with Crippen LogP contribution < -0.4 is 9.62 Å². The number of nitrogens with zero attached hydrogens (tertiary/aromatic N) is 2. The van der Waals surface area contributed by atoms with Crippen molar-refractivity contribution in [2.24, 2.45) is 0 Å². The molecule has 0 bridgehead atoms. The monoisotopic (exact) mass is 499 g/mol. The molecule has 1 fully saturated rings. The Labute approximate surface area is 199 Å². The Morgan fingerprint density at radius 1 is 0.794 bits per heavy atom. The number of benzene rings is 3. The summed E-state index contributed by atoms with van der Waals surface area (Å²) in [5.41, 5.74) is 1.21. The van der Waals surface area contributed by atoms with E-state index in [-0.39, 0.29) is 9.79 Å². The summed E-state index contributed by atoms with van der Waals surface area (Å²) in [5.74, 6) is -0.393. The predicted molar refractivity (Wildman–Crippen MR) is 131 cm³/mol. The second-order valence-electron chi connectivity index (χ2n) is 7.92. The summed E-state index contributed by atoms with van der Waals surface area (Å²) in [5, 5.41) is 2.73. The minimum atomic E-state index is -3.72. The zero-order valence-electron chi connectivity index (χ0n) is 18.6. The molecule has 1 heterocycles. The van der Waals surface area contributed by atoms with Crippen molar-refractivity contribution in [3.63, 3.8) is 0 Å². The van der Waals surface area contributed by atoms with E-state index in [9.17, 15) is 21.6 Å². The SMILES string of the molecule is CN(c1ccc(C(=O)Nc2ccc(S(=O)(=O)N3CCCC3)cc2)cc1)S(=O)(=O)c1ccccc1. The van der Waals surface area contributed by atoms with Crippen molar-refractivity contribution in [1.82, 2.24) is 4.31 Å². The van der Waals surface area contributed by atoms with Crippen LogP contribution >= 0.6 is 0 Å². The zero-order valence-corrected chi connectivity index (χ0v) is 20.2. The van der Waals surface area contributed by atoms with Gasteiger partial charge in [-0.3, -0.25) is 9.10 Å². The molecular weight excluding hydrogens is 474 g/mol. The van der Waals surface area contributed by atoms with Crippen LogP contribution in [0.2, 0.25) is 0 Å². The second kappa shape index (κ2) is 9.57. The first-order valence-corrected chi connectivity index (χ1v) is 13.6. The molecule has 0 aliphatic carbocycles. The van der Waals surface area contributed by atoms with Gasteiger partial charge in [-0.15, -0.1) is 0 Å². The number of carbonyl (C=O) groups is 1. The Balaban J connectivity index is 1.44. The quantitative estimate of drug-likeness (QED) is 0.535. The Morgan fingerprint density at radius 3 is 1.97 bits per heavy atom. The molecule has 0 unspecified atom stereocenters. The molecule has 1 amide bonds. The van der Waals surface area contributed by atoms with Crippen LogP contribution in [0.5, 0.6) is 0 Å². The molecule has 0 saturated carbocycles. The molecule has 0 aromatic heterocycles. The van der Waals surface area contributed by atoms with E-state index in [1.165, 1.54) is 47.8 Å². The van der Waals surface area contributed by atoms with Gasteiger partial charge < -0.3 is 5.32 Å². The highest BCUT2D eigenvalue weighted by atomic mass is 32.2. The van der Waals surface area contributed by atoms with Gasteiger partial charge in [-0.2, -0.15) is 4.31 Å². The van der Waals surface area contributed by atoms with Gasteiger partial charge in [0.2, 0.25) is 10.0 Å². The van der Waals surface area contributed by atoms with E-state index in [4.69, 9.17) is 0 Å². The number of sulfonamides is 2. The van der Waals surface area contributed by atoms with E-state index in [2.05, 4.69) is 5.32 Å². The topological polar surface area (TPSA) is 104 Å². The van der Waals surface area contributed by atoms with Gasteiger partial charge in [-0.1, -0.05) is 18.2 Å². The van der Waals surface area contributed by atoms with Gasteiger partial charge in [0, 0.05) is 31.4 Å². The van der Waals surface area contributed by atoms with Crippen LogP contribution in [-0.4, -0.2) is 47.2 Å². The van der Waals surface area contributed by atoms with Crippen molar-refractivity contribution in [1.29, 1.82) is 0 Å². The summed E-state index contributed by atoms with van der Waals surface area (Å²) < 4.78 is 53.4. The van der Waals surface area contributed by atoms with Gasteiger partial charge in [0.15, 0.2) is 0 Å². The molecule has 1 aliphatic rings. The van der Waals surface area contributed by atoms with Crippen molar-refractivity contribution in [2.75, 3.05) is 29.8 Å². The van der Waals surface area contributed by atoms with E-state index in [1.54, 1.807) is 42.5 Å². The highest BCUT2D eigenvalue weighted by molar-refractivity contribution is 7.92. The molecule has 1 saturated heterocycles. The lowest BCUT2D eigenvalue weighted by molar-refractivity contribution is 0.102.